The molecule has 3 nitrogen and oxygen atoms in total. The van der Waals surface area contributed by atoms with Crippen LogP contribution in [0.3, 0.4) is 0 Å². The van der Waals surface area contributed by atoms with Crippen molar-refractivity contribution in [2.24, 2.45) is 10.6 Å². The molecule has 0 fully saturated rings. The van der Waals surface area contributed by atoms with Gasteiger partial charge in [0.1, 0.15) is 0 Å². The van der Waals surface area contributed by atoms with Crippen molar-refractivity contribution < 1.29 is 18.4 Å². The van der Waals surface area contributed by atoms with Crippen LogP contribution in [0.1, 0.15) is 27.2 Å². The molecule has 5 heteroatoms. The Bertz CT molecular complexity index is 214. The van der Waals surface area contributed by atoms with E-state index < -0.39 is 24.0 Å². The lowest BCUT2D eigenvalue weighted by molar-refractivity contribution is -0.152. The Morgan fingerprint density at radius 3 is 2.46 bits per heavy atom. The average Bonchev–Trinajstić information content (AvgIpc) is 2.13. The molecule has 0 spiro atoms. The number of esters is 1. The lowest BCUT2D eigenvalue weighted by atomic mass is 9.91. The van der Waals surface area contributed by atoms with Gasteiger partial charge in [0, 0.05) is 0 Å². The van der Waals surface area contributed by atoms with Gasteiger partial charge in [0.25, 0.3) is 5.97 Å². The average molecular weight is 193 g/mol. The molecule has 0 radical (unpaired) electrons. The summed E-state index contributed by atoms with van der Waals surface area (Å²) in [4.78, 5) is 11.1. The highest BCUT2D eigenvalue weighted by Crippen LogP contribution is 2.21. The molecule has 0 amide bonds. The van der Waals surface area contributed by atoms with E-state index in [1.54, 1.807) is 26.0 Å². The van der Waals surface area contributed by atoms with Gasteiger partial charge in [0.15, 0.2) is 6.61 Å². The molecule has 76 valence electrons. The van der Waals surface area contributed by atoms with E-state index in [1.807, 2.05) is 0 Å². The molecule has 0 bridgehead atoms. The number of carbonyl (C=O) groups is 1. The van der Waals surface area contributed by atoms with E-state index in [-0.39, 0.29) is 0 Å². The summed E-state index contributed by atoms with van der Waals surface area (Å²) in [5.74, 6) is -1.89. The van der Waals surface area contributed by atoms with Crippen LogP contribution in [0.25, 0.3) is 0 Å². The molecule has 0 heterocycles. The summed E-state index contributed by atoms with van der Waals surface area (Å²) in [6, 6.07) is 0. The molecule has 0 atom stereocenters. The first-order valence-electron chi connectivity index (χ1n) is 3.94. The number of hydrogen-bond donors (Lipinski definition) is 0. The van der Waals surface area contributed by atoms with Crippen molar-refractivity contribution in [1.29, 1.82) is 0 Å². The molecule has 0 aliphatic carbocycles. The highest BCUT2D eigenvalue weighted by Gasteiger charge is 2.27. The van der Waals surface area contributed by atoms with E-state index in [0.29, 0.717) is 6.42 Å². The third-order valence-corrected chi connectivity index (χ3v) is 1.85. The summed E-state index contributed by atoms with van der Waals surface area (Å²) in [6.45, 7) is 4.40. The van der Waals surface area contributed by atoms with E-state index >= 15 is 0 Å². The molecule has 0 rings (SSSR count). The summed E-state index contributed by atoms with van der Waals surface area (Å²) < 4.78 is 27.8. The molecular formula is C8H13F2NO2. The molecule has 13 heavy (non-hydrogen) atoms. The quantitative estimate of drug-likeness (QED) is 0.507. The number of rotatable bonds is 4. The molecule has 0 aromatic heterocycles. The first-order valence-corrected chi connectivity index (χ1v) is 3.94. The third-order valence-electron chi connectivity index (χ3n) is 1.85. The Hall–Kier alpha value is -1.00. The van der Waals surface area contributed by atoms with Gasteiger partial charge in [-0.15, -0.1) is 0 Å². The largest absolute Gasteiger partial charge is 0.456 e. The van der Waals surface area contributed by atoms with Crippen molar-refractivity contribution >= 4 is 11.9 Å². The highest BCUT2D eigenvalue weighted by atomic mass is 19.2. The maximum atomic E-state index is 12.1. The van der Waals surface area contributed by atoms with Gasteiger partial charge in [-0.05, 0) is 20.3 Å². The van der Waals surface area contributed by atoms with Crippen molar-refractivity contribution in [3.05, 3.63) is 0 Å². The van der Waals surface area contributed by atoms with Gasteiger partial charge in [0.2, 0.25) is 0 Å². The van der Waals surface area contributed by atoms with Gasteiger partial charge in [-0.3, -0.25) is 4.79 Å². The fraction of sp³-hybridized carbons (Fsp3) is 0.750. The Balaban J connectivity index is 4.02. The fourth-order valence-electron chi connectivity index (χ4n) is 0.489. The zero-order chi connectivity index (χ0) is 10.5. The highest BCUT2D eigenvalue weighted by molar-refractivity contribution is 5.81. The van der Waals surface area contributed by atoms with Gasteiger partial charge in [0.05, 0.1) is 5.41 Å². The third kappa shape index (κ3) is 3.96. The molecule has 0 saturated heterocycles. The maximum Gasteiger partial charge on any atom is 0.311 e. The van der Waals surface area contributed by atoms with Crippen LogP contribution < -0.4 is 0 Å². The molecular weight excluding hydrogens is 180 g/mol. The predicted octanol–water partition coefficient (Wildman–Crippen LogP) is 2.22. The van der Waals surface area contributed by atoms with Crippen LogP contribution in [0.15, 0.2) is 5.21 Å². The van der Waals surface area contributed by atoms with Crippen molar-refractivity contribution in [3.8, 4) is 0 Å². The molecule has 0 aliphatic rings. The zero-order valence-corrected chi connectivity index (χ0v) is 7.93. The van der Waals surface area contributed by atoms with Crippen molar-refractivity contribution in [3.63, 3.8) is 0 Å². The molecule has 0 aromatic rings. The molecule has 0 aliphatic heterocycles. The number of hydrogen-bond acceptors (Lipinski definition) is 3. The van der Waals surface area contributed by atoms with Crippen molar-refractivity contribution in [2.45, 2.75) is 27.2 Å². The second kappa shape index (κ2) is 4.89. The number of ether oxygens (including phenoxy) is 1. The summed E-state index contributed by atoms with van der Waals surface area (Å²) >= 11 is 0. The summed E-state index contributed by atoms with van der Waals surface area (Å²) in [5.41, 5.74) is -0.670. The topological polar surface area (TPSA) is 38.7 Å². The second-order valence-electron chi connectivity index (χ2n) is 3.27. The minimum Gasteiger partial charge on any atom is -0.456 e. The molecule has 0 aromatic carbocycles. The Morgan fingerprint density at radius 2 is 2.08 bits per heavy atom. The molecule has 0 saturated carbocycles. The van der Waals surface area contributed by atoms with Crippen LogP contribution in [0, 0.1) is 5.41 Å². The molecule has 0 N–H and O–H groups in total. The van der Waals surface area contributed by atoms with Crippen LogP contribution in [0.4, 0.5) is 8.87 Å². The van der Waals surface area contributed by atoms with Crippen LogP contribution >= 0.6 is 0 Å². The lowest BCUT2D eigenvalue weighted by Gasteiger charge is -2.19. The standard InChI is InChI=1S/C8H13F2NO2/c1-4-8(2,3)7(12)13-5-6(9)11-10/h4-5H2,1-3H3/b11-6-. The Kier molecular flexibility index (Phi) is 4.51. The number of halogens is 2. The lowest BCUT2D eigenvalue weighted by Crippen LogP contribution is -2.27. The second-order valence-corrected chi connectivity index (χ2v) is 3.27. The number of nitrogens with zero attached hydrogens (tertiary/aromatic N) is 1. The van der Waals surface area contributed by atoms with Gasteiger partial charge < -0.3 is 4.74 Å². The van der Waals surface area contributed by atoms with E-state index in [2.05, 4.69) is 4.74 Å². The first-order chi connectivity index (χ1) is 5.94. The van der Waals surface area contributed by atoms with Crippen molar-refractivity contribution in [1.82, 2.24) is 0 Å². The van der Waals surface area contributed by atoms with Gasteiger partial charge in [-0.2, -0.15) is 4.39 Å². The van der Waals surface area contributed by atoms with Crippen LogP contribution in [0.2, 0.25) is 0 Å². The van der Waals surface area contributed by atoms with E-state index in [0.717, 1.165) is 0 Å². The molecule has 0 unspecified atom stereocenters. The van der Waals surface area contributed by atoms with Crippen LogP contribution in [0.5, 0.6) is 0 Å². The summed E-state index contributed by atoms with van der Waals surface area (Å²) in [7, 11) is 0. The van der Waals surface area contributed by atoms with Gasteiger partial charge in [-0.25, -0.2) is 0 Å². The van der Waals surface area contributed by atoms with E-state index in [4.69, 9.17) is 0 Å². The summed E-state index contributed by atoms with van der Waals surface area (Å²) in [6.07, 6.45) is 0.570. The van der Waals surface area contributed by atoms with Gasteiger partial charge in [-0.1, -0.05) is 16.6 Å². The minimum absolute atomic E-state index is 0.561. The first kappa shape index (κ1) is 12.0. The maximum absolute atomic E-state index is 12.1. The van der Waals surface area contributed by atoms with Crippen LogP contribution in [-0.4, -0.2) is 18.5 Å². The Labute approximate surface area is 75.7 Å². The fourth-order valence-corrected chi connectivity index (χ4v) is 0.489. The van der Waals surface area contributed by atoms with E-state index in [9.17, 15) is 13.7 Å². The smallest absolute Gasteiger partial charge is 0.311 e. The Morgan fingerprint density at radius 1 is 1.54 bits per heavy atom. The number of carbonyl (C=O) groups excluding carboxylic acids is 1. The normalized spacial score (nSPS) is 12.8. The minimum atomic E-state index is -1.33. The van der Waals surface area contributed by atoms with Crippen molar-refractivity contribution in [2.75, 3.05) is 6.61 Å². The van der Waals surface area contributed by atoms with Gasteiger partial charge >= 0.3 is 5.97 Å². The predicted molar refractivity (Wildman–Crippen MR) is 44.7 cm³/mol. The van der Waals surface area contributed by atoms with Crippen LogP contribution in [-0.2, 0) is 9.53 Å². The SMILES string of the molecule is CCC(C)(C)C(=O)OC/C(F)=N/F. The zero-order valence-electron chi connectivity index (χ0n) is 7.93. The summed E-state index contributed by atoms with van der Waals surface area (Å²) in [5, 5.41) is 1.74. The van der Waals surface area contributed by atoms with E-state index in [1.165, 1.54) is 0 Å². The monoisotopic (exact) mass is 193 g/mol.